The van der Waals surface area contributed by atoms with Gasteiger partial charge in [0, 0.05) is 13.6 Å². The van der Waals surface area contributed by atoms with Crippen LogP contribution in [0.15, 0.2) is 29.2 Å². The molecule has 0 aliphatic rings. The van der Waals surface area contributed by atoms with E-state index in [1.165, 1.54) is 36.2 Å². The van der Waals surface area contributed by atoms with Gasteiger partial charge in [0.15, 0.2) is 9.84 Å². The van der Waals surface area contributed by atoms with Crippen molar-refractivity contribution >= 4 is 21.7 Å². The van der Waals surface area contributed by atoms with Crippen molar-refractivity contribution in [2.45, 2.75) is 18.2 Å². The van der Waals surface area contributed by atoms with Crippen LogP contribution in [-0.2, 0) is 25.8 Å². The second kappa shape index (κ2) is 6.51. The molecule has 0 spiro atoms. The summed E-state index contributed by atoms with van der Waals surface area (Å²) in [6.45, 7) is 2.19. The van der Waals surface area contributed by atoms with E-state index < -0.39 is 27.5 Å². The van der Waals surface area contributed by atoms with Gasteiger partial charge >= 0.3 is 5.97 Å². The van der Waals surface area contributed by atoms with E-state index in [1.807, 2.05) is 0 Å². The first-order valence-corrected chi connectivity index (χ1v) is 7.69. The molecule has 0 atom stereocenters. The Kier molecular flexibility index (Phi) is 5.26. The van der Waals surface area contributed by atoms with E-state index in [0.29, 0.717) is 12.1 Å². The Morgan fingerprint density at radius 2 is 1.75 bits per heavy atom. The zero-order valence-corrected chi connectivity index (χ0v) is 12.2. The molecular weight excluding hydrogens is 282 g/mol. The summed E-state index contributed by atoms with van der Waals surface area (Å²) >= 11 is 0. The average molecular weight is 299 g/mol. The van der Waals surface area contributed by atoms with E-state index >= 15 is 0 Å². The van der Waals surface area contributed by atoms with E-state index in [-0.39, 0.29) is 11.3 Å². The predicted octanol–water partition coefficient (Wildman–Crippen LogP) is 0.566. The fourth-order valence-corrected chi connectivity index (χ4v) is 2.78. The lowest BCUT2D eigenvalue weighted by molar-refractivity contribution is -0.136. The van der Waals surface area contributed by atoms with Crippen molar-refractivity contribution in [2.75, 3.05) is 19.3 Å². The summed E-state index contributed by atoms with van der Waals surface area (Å²) in [5.41, 5.74) is 0.508. The molecule has 0 fully saturated rings. The second-order valence-electron chi connectivity index (χ2n) is 4.38. The van der Waals surface area contributed by atoms with Crippen LogP contribution in [0.2, 0.25) is 0 Å². The largest absolute Gasteiger partial charge is 0.481 e. The maximum Gasteiger partial charge on any atom is 0.307 e. The highest BCUT2D eigenvalue weighted by atomic mass is 32.2. The summed E-state index contributed by atoms with van der Waals surface area (Å²) in [5, 5.41) is 8.63. The van der Waals surface area contributed by atoms with Crippen molar-refractivity contribution in [1.29, 1.82) is 0 Å². The van der Waals surface area contributed by atoms with Crippen molar-refractivity contribution in [3.05, 3.63) is 29.8 Å². The number of carbonyl (C=O) groups is 2. The highest BCUT2D eigenvalue weighted by Crippen LogP contribution is 2.13. The van der Waals surface area contributed by atoms with Gasteiger partial charge in [-0.2, -0.15) is 0 Å². The molecule has 20 heavy (non-hydrogen) atoms. The summed E-state index contributed by atoms with van der Waals surface area (Å²) in [5.74, 6) is -2.04. The summed E-state index contributed by atoms with van der Waals surface area (Å²) in [4.78, 5) is 23.5. The maximum atomic E-state index is 12.0. The number of sulfone groups is 1. The van der Waals surface area contributed by atoms with Gasteiger partial charge in [-0.15, -0.1) is 0 Å². The summed E-state index contributed by atoms with van der Waals surface area (Å²) in [6, 6.07) is 5.53. The minimum absolute atomic E-state index is 0.0180. The Balaban J connectivity index is 2.88. The van der Waals surface area contributed by atoms with Gasteiger partial charge in [-0.05, 0) is 24.6 Å². The zero-order chi connectivity index (χ0) is 15.3. The molecule has 0 aliphatic heterocycles. The van der Waals surface area contributed by atoms with E-state index in [4.69, 9.17) is 5.11 Å². The third kappa shape index (κ3) is 4.34. The molecule has 0 unspecified atom stereocenters. The van der Waals surface area contributed by atoms with Gasteiger partial charge in [-0.1, -0.05) is 12.1 Å². The number of hydrogen-bond donors (Lipinski definition) is 1. The zero-order valence-electron chi connectivity index (χ0n) is 11.4. The van der Waals surface area contributed by atoms with E-state index in [9.17, 15) is 18.0 Å². The normalized spacial score (nSPS) is 11.1. The van der Waals surface area contributed by atoms with Gasteiger partial charge < -0.3 is 10.0 Å². The molecule has 1 rings (SSSR count). The van der Waals surface area contributed by atoms with Gasteiger partial charge in [0.2, 0.25) is 5.91 Å². The van der Waals surface area contributed by atoms with E-state index in [2.05, 4.69) is 0 Å². The Morgan fingerprint density at radius 1 is 1.20 bits per heavy atom. The van der Waals surface area contributed by atoms with E-state index in [1.54, 1.807) is 6.92 Å². The molecule has 0 saturated carbocycles. The van der Waals surface area contributed by atoms with Gasteiger partial charge in [0.1, 0.15) is 5.75 Å². The minimum atomic E-state index is -3.70. The molecule has 0 saturated heterocycles. The third-order valence-corrected chi connectivity index (χ3v) is 4.47. The monoisotopic (exact) mass is 299 g/mol. The first kappa shape index (κ1) is 16.2. The highest BCUT2D eigenvalue weighted by Gasteiger charge is 2.21. The Morgan fingerprint density at radius 3 is 2.20 bits per heavy atom. The first-order chi connectivity index (χ1) is 9.26. The van der Waals surface area contributed by atoms with Crippen LogP contribution < -0.4 is 0 Å². The Labute approximate surface area is 117 Å². The molecule has 0 aromatic heterocycles. The van der Waals surface area contributed by atoms with Gasteiger partial charge in [-0.25, -0.2) is 8.42 Å². The Bertz CT molecular complexity index is 592. The maximum absolute atomic E-state index is 12.0. The SMILES string of the molecule is CCN(C)C(=O)CS(=O)(=O)c1ccc(CC(=O)O)cc1. The van der Waals surface area contributed by atoms with Crippen LogP contribution in [0, 0.1) is 0 Å². The molecule has 1 aromatic rings. The average Bonchev–Trinajstić information content (AvgIpc) is 2.37. The highest BCUT2D eigenvalue weighted by molar-refractivity contribution is 7.92. The Hall–Kier alpha value is -1.89. The molecule has 0 radical (unpaired) electrons. The van der Waals surface area contributed by atoms with Crippen LogP contribution in [0.25, 0.3) is 0 Å². The van der Waals surface area contributed by atoms with Crippen LogP contribution in [0.1, 0.15) is 12.5 Å². The molecule has 0 bridgehead atoms. The number of nitrogens with zero attached hydrogens (tertiary/aromatic N) is 1. The number of hydrogen-bond acceptors (Lipinski definition) is 4. The van der Waals surface area contributed by atoms with Crippen molar-refractivity contribution in [1.82, 2.24) is 4.90 Å². The van der Waals surface area contributed by atoms with Gasteiger partial charge in [-0.3, -0.25) is 9.59 Å². The standard InChI is InChI=1S/C13H17NO5S/c1-3-14(2)12(15)9-20(18,19)11-6-4-10(5-7-11)8-13(16)17/h4-7H,3,8-9H2,1-2H3,(H,16,17). The second-order valence-corrected chi connectivity index (χ2v) is 6.37. The first-order valence-electron chi connectivity index (χ1n) is 6.03. The molecule has 1 aromatic carbocycles. The quantitative estimate of drug-likeness (QED) is 0.829. The van der Waals surface area contributed by atoms with Crippen LogP contribution in [0.3, 0.4) is 0 Å². The van der Waals surface area contributed by atoms with E-state index in [0.717, 1.165) is 0 Å². The van der Waals surface area contributed by atoms with Crippen molar-refractivity contribution in [2.24, 2.45) is 0 Å². The van der Waals surface area contributed by atoms with Crippen LogP contribution in [0.4, 0.5) is 0 Å². The molecule has 6 nitrogen and oxygen atoms in total. The van der Waals surface area contributed by atoms with Crippen LogP contribution >= 0.6 is 0 Å². The summed E-state index contributed by atoms with van der Waals surface area (Å²) in [6.07, 6.45) is -0.169. The van der Waals surface area contributed by atoms with Crippen LogP contribution in [0.5, 0.6) is 0 Å². The number of carboxylic acids is 1. The molecule has 1 N–H and O–H groups in total. The van der Waals surface area contributed by atoms with Crippen molar-refractivity contribution in [3.8, 4) is 0 Å². The topological polar surface area (TPSA) is 91.8 Å². The summed E-state index contributed by atoms with van der Waals surface area (Å²) in [7, 11) is -2.16. The molecule has 0 aliphatic carbocycles. The van der Waals surface area contributed by atoms with Gasteiger partial charge in [0.25, 0.3) is 0 Å². The number of benzene rings is 1. The number of aliphatic carboxylic acids is 1. The minimum Gasteiger partial charge on any atom is -0.481 e. The predicted molar refractivity (Wildman–Crippen MR) is 73.1 cm³/mol. The molecule has 0 heterocycles. The molecular formula is C13H17NO5S. The fraction of sp³-hybridized carbons (Fsp3) is 0.385. The fourth-order valence-electron chi connectivity index (χ4n) is 1.52. The molecule has 1 amide bonds. The van der Waals surface area contributed by atoms with Crippen molar-refractivity contribution in [3.63, 3.8) is 0 Å². The lowest BCUT2D eigenvalue weighted by Gasteiger charge is -2.14. The van der Waals surface area contributed by atoms with Crippen molar-refractivity contribution < 1.29 is 23.1 Å². The van der Waals surface area contributed by atoms with Gasteiger partial charge in [0.05, 0.1) is 11.3 Å². The number of carboxylic acid groups (broad SMARTS) is 1. The third-order valence-electron chi connectivity index (χ3n) is 2.85. The molecule has 7 heteroatoms. The number of carbonyl (C=O) groups excluding carboxylic acids is 1. The number of amides is 1. The lowest BCUT2D eigenvalue weighted by Crippen LogP contribution is -2.32. The lowest BCUT2D eigenvalue weighted by atomic mass is 10.2. The molecule has 110 valence electrons. The smallest absolute Gasteiger partial charge is 0.307 e. The summed E-state index contributed by atoms with van der Waals surface area (Å²) < 4.78 is 24.1. The number of rotatable bonds is 6. The van der Waals surface area contributed by atoms with Crippen LogP contribution in [-0.4, -0.2) is 49.6 Å².